The van der Waals surface area contributed by atoms with Crippen LogP contribution in [0.25, 0.3) is 11.1 Å². The fraction of sp³-hybridized carbons (Fsp3) is 0.480. The first kappa shape index (κ1) is 19.8. The number of hydrogen-bond donors (Lipinski definition) is 0. The van der Waals surface area contributed by atoms with Gasteiger partial charge in [-0.1, -0.05) is 63.1 Å². The topological polar surface area (TPSA) is 17.1 Å². The lowest BCUT2D eigenvalue weighted by Gasteiger charge is -2.28. The molecule has 1 aliphatic carbocycles. The highest BCUT2D eigenvalue weighted by Gasteiger charge is 2.22. The first-order chi connectivity index (χ1) is 13.0. The maximum Gasteiger partial charge on any atom is 0.162 e. The van der Waals surface area contributed by atoms with Gasteiger partial charge in [0.1, 0.15) is 5.82 Å². The van der Waals surface area contributed by atoms with Crippen LogP contribution in [0.5, 0.6) is 0 Å². The van der Waals surface area contributed by atoms with E-state index in [0.717, 1.165) is 11.5 Å². The minimum atomic E-state index is -0.276. The Morgan fingerprint density at radius 1 is 1.00 bits per heavy atom. The number of benzene rings is 2. The largest absolute Gasteiger partial charge is 0.294 e. The van der Waals surface area contributed by atoms with Crippen LogP contribution in [0.3, 0.4) is 0 Å². The van der Waals surface area contributed by atoms with E-state index in [1.165, 1.54) is 44.1 Å². The van der Waals surface area contributed by atoms with Crippen molar-refractivity contribution in [2.24, 2.45) is 5.92 Å². The predicted octanol–water partition coefficient (Wildman–Crippen LogP) is 7.47. The maximum absolute atomic E-state index is 14.9. The molecule has 0 aliphatic heterocycles. The number of halogens is 1. The summed E-state index contributed by atoms with van der Waals surface area (Å²) in [5.41, 5.74) is 3.80. The summed E-state index contributed by atoms with van der Waals surface area (Å²) in [5.74, 6) is 1.27. The molecule has 0 aromatic heterocycles. The van der Waals surface area contributed by atoms with Crippen molar-refractivity contribution in [3.8, 4) is 11.1 Å². The SMILES string of the molecule is CCCC1CCC(c2ccc(-c3ccc(C(=O)CC)c(C)c3F)cc2)CC1. The van der Waals surface area contributed by atoms with Gasteiger partial charge < -0.3 is 0 Å². The second-order valence-corrected chi connectivity index (χ2v) is 8.00. The van der Waals surface area contributed by atoms with Crippen LogP contribution in [-0.2, 0) is 0 Å². The van der Waals surface area contributed by atoms with Gasteiger partial charge in [0.05, 0.1) is 0 Å². The zero-order chi connectivity index (χ0) is 19.4. The molecule has 2 aromatic rings. The molecular formula is C25H31FO. The summed E-state index contributed by atoms with van der Waals surface area (Å²) >= 11 is 0. The Hall–Kier alpha value is -1.96. The number of carbonyl (C=O) groups is 1. The molecule has 0 saturated heterocycles. The molecule has 1 saturated carbocycles. The Labute approximate surface area is 163 Å². The molecular weight excluding hydrogens is 335 g/mol. The van der Waals surface area contributed by atoms with E-state index in [0.29, 0.717) is 29.0 Å². The van der Waals surface area contributed by atoms with Crippen LogP contribution in [0.2, 0.25) is 0 Å². The smallest absolute Gasteiger partial charge is 0.162 e. The number of ketones is 1. The summed E-state index contributed by atoms with van der Waals surface area (Å²) in [6.45, 7) is 5.78. The van der Waals surface area contributed by atoms with Crippen molar-refractivity contribution in [3.05, 3.63) is 58.9 Å². The van der Waals surface area contributed by atoms with Crippen LogP contribution in [-0.4, -0.2) is 5.78 Å². The summed E-state index contributed by atoms with van der Waals surface area (Å²) in [4.78, 5) is 12.0. The van der Waals surface area contributed by atoms with Crippen LogP contribution >= 0.6 is 0 Å². The van der Waals surface area contributed by atoms with Crippen molar-refractivity contribution in [3.63, 3.8) is 0 Å². The van der Waals surface area contributed by atoms with Gasteiger partial charge in [-0.3, -0.25) is 4.79 Å². The average Bonchev–Trinajstić information content (AvgIpc) is 2.70. The molecule has 0 amide bonds. The van der Waals surface area contributed by atoms with Gasteiger partial charge >= 0.3 is 0 Å². The number of hydrogen-bond acceptors (Lipinski definition) is 1. The average molecular weight is 367 g/mol. The molecule has 2 heteroatoms. The Balaban J connectivity index is 1.76. The van der Waals surface area contributed by atoms with E-state index in [2.05, 4.69) is 19.1 Å². The van der Waals surface area contributed by atoms with Gasteiger partial charge in [-0.25, -0.2) is 4.39 Å². The van der Waals surface area contributed by atoms with Gasteiger partial charge in [-0.05, 0) is 61.1 Å². The molecule has 0 spiro atoms. The summed E-state index contributed by atoms with van der Waals surface area (Å²) in [6.07, 6.45) is 8.26. The summed E-state index contributed by atoms with van der Waals surface area (Å²) in [6, 6.07) is 11.9. The van der Waals surface area contributed by atoms with Crippen molar-refractivity contribution in [2.75, 3.05) is 0 Å². The van der Waals surface area contributed by atoms with Gasteiger partial charge in [-0.15, -0.1) is 0 Å². The predicted molar refractivity (Wildman–Crippen MR) is 111 cm³/mol. The Bertz CT molecular complexity index is 783. The van der Waals surface area contributed by atoms with E-state index in [9.17, 15) is 9.18 Å². The van der Waals surface area contributed by atoms with Crippen LogP contribution < -0.4 is 0 Å². The molecule has 144 valence electrons. The van der Waals surface area contributed by atoms with Crippen molar-refractivity contribution in [1.29, 1.82) is 0 Å². The van der Waals surface area contributed by atoms with Gasteiger partial charge in [0.2, 0.25) is 0 Å². The highest BCUT2D eigenvalue weighted by Crippen LogP contribution is 2.38. The fourth-order valence-corrected chi connectivity index (χ4v) is 4.53. The van der Waals surface area contributed by atoms with Crippen LogP contribution in [0.1, 0.15) is 86.2 Å². The molecule has 3 rings (SSSR count). The third-order valence-corrected chi connectivity index (χ3v) is 6.24. The van der Waals surface area contributed by atoms with Gasteiger partial charge in [0.25, 0.3) is 0 Å². The molecule has 2 aromatic carbocycles. The van der Waals surface area contributed by atoms with E-state index in [4.69, 9.17) is 0 Å². The van der Waals surface area contributed by atoms with Crippen molar-refractivity contribution < 1.29 is 9.18 Å². The number of Topliss-reactive ketones (excluding diaryl/α,β-unsaturated/α-hetero) is 1. The van der Waals surface area contributed by atoms with Crippen LogP contribution in [0.4, 0.5) is 4.39 Å². The van der Waals surface area contributed by atoms with E-state index < -0.39 is 0 Å². The van der Waals surface area contributed by atoms with Gasteiger partial charge in [0.15, 0.2) is 5.78 Å². The Morgan fingerprint density at radius 3 is 2.26 bits per heavy atom. The van der Waals surface area contributed by atoms with Crippen molar-refractivity contribution in [1.82, 2.24) is 0 Å². The quantitative estimate of drug-likeness (QED) is 0.485. The molecule has 0 heterocycles. The maximum atomic E-state index is 14.9. The van der Waals surface area contributed by atoms with Gasteiger partial charge in [0, 0.05) is 17.5 Å². The van der Waals surface area contributed by atoms with E-state index in [1.54, 1.807) is 19.1 Å². The molecule has 0 N–H and O–H groups in total. The molecule has 1 fully saturated rings. The first-order valence-corrected chi connectivity index (χ1v) is 10.5. The van der Waals surface area contributed by atoms with E-state index >= 15 is 0 Å². The Kier molecular flexibility index (Phi) is 6.46. The van der Waals surface area contributed by atoms with Crippen LogP contribution in [0.15, 0.2) is 36.4 Å². The summed E-state index contributed by atoms with van der Waals surface area (Å²) in [7, 11) is 0. The highest BCUT2D eigenvalue weighted by atomic mass is 19.1. The fourth-order valence-electron chi connectivity index (χ4n) is 4.53. The summed E-state index contributed by atoms with van der Waals surface area (Å²) in [5, 5.41) is 0. The molecule has 0 unspecified atom stereocenters. The summed E-state index contributed by atoms with van der Waals surface area (Å²) < 4.78 is 14.9. The number of rotatable bonds is 6. The van der Waals surface area contributed by atoms with Crippen molar-refractivity contribution in [2.45, 2.75) is 71.6 Å². The van der Waals surface area contributed by atoms with Crippen LogP contribution in [0, 0.1) is 18.7 Å². The van der Waals surface area contributed by atoms with Gasteiger partial charge in [-0.2, -0.15) is 0 Å². The lowest BCUT2D eigenvalue weighted by atomic mass is 9.77. The first-order valence-electron chi connectivity index (χ1n) is 10.5. The molecule has 0 bridgehead atoms. The van der Waals surface area contributed by atoms with E-state index in [1.807, 2.05) is 19.1 Å². The van der Waals surface area contributed by atoms with Crippen molar-refractivity contribution >= 4 is 5.78 Å². The highest BCUT2D eigenvalue weighted by molar-refractivity contribution is 5.97. The molecule has 1 nitrogen and oxygen atoms in total. The zero-order valence-corrected chi connectivity index (χ0v) is 16.9. The minimum Gasteiger partial charge on any atom is -0.294 e. The normalized spacial score (nSPS) is 19.9. The monoisotopic (exact) mass is 366 g/mol. The second-order valence-electron chi connectivity index (χ2n) is 8.00. The zero-order valence-electron chi connectivity index (χ0n) is 16.9. The third kappa shape index (κ3) is 4.31. The molecule has 1 aliphatic rings. The second kappa shape index (κ2) is 8.82. The molecule has 27 heavy (non-hydrogen) atoms. The standard InChI is InChI=1S/C25H31FO/c1-4-6-18-7-9-19(10-8-18)20-11-13-21(14-12-20)23-16-15-22(24(27)5-2)17(3)25(23)26/h11-16,18-19H,4-10H2,1-3H3. The van der Waals surface area contributed by atoms with E-state index in [-0.39, 0.29) is 11.6 Å². The Morgan fingerprint density at radius 2 is 1.67 bits per heavy atom. The lowest BCUT2D eigenvalue weighted by Crippen LogP contribution is -2.13. The molecule has 0 radical (unpaired) electrons. The number of carbonyl (C=O) groups excluding carboxylic acids is 1. The minimum absolute atomic E-state index is 0.00743. The third-order valence-electron chi connectivity index (χ3n) is 6.24. The molecule has 0 atom stereocenters. The lowest BCUT2D eigenvalue weighted by molar-refractivity contribution is 0.0987.